The standard InChI is InChI=1S/C19H29I/c1-18-10-3-2-5-14(18)7-8-15-16(18)9-12-19(13-20)11-4-6-17(15)19/h7,15-17H,2-6,8-13H2,1H3/t15-,16+,17+,18+,19+/m1/s1. The molecule has 112 valence electrons. The van der Waals surface area contributed by atoms with Gasteiger partial charge in [0.1, 0.15) is 0 Å². The second kappa shape index (κ2) is 4.99. The van der Waals surface area contributed by atoms with Gasteiger partial charge in [-0.25, -0.2) is 0 Å². The monoisotopic (exact) mass is 384 g/mol. The second-order valence-corrected chi connectivity index (χ2v) is 9.16. The smallest absolute Gasteiger partial charge is 0.00547 e. The van der Waals surface area contributed by atoms with Crippen molar-refractivity contribution in [3.8, 4) is 0 Å². The molecule has 0 aromatic rings. The van der Waals surface area contributed by atoms with E-state index in [9.17, 15) is 0 Å². The van der Waals surface area contributed by atoms with E-state index in [1.807, 2.05) is 5.57 Å². The highest BCUT2D eigenvalue weighted by molar-refractivity contribution is 14.1. The van der Waals surface area contributed by atoms with Crippen molar-refractivity contribution in [2.75, 3.05) is 4.43 Å². The van der Waals surface area contributed by atoms with Gasteiger partial charge in [0.25, 0.3) is 0 Å². The van der Waals surface area contributed by atoms with Crippen LogP contribution in [0.25, 0.3) is 0 Å². The first-order valence-electron chi connectivity index (χ1n) is 8.95. The van der Waals surface area contributed by atoms with Crippen LogP contribution in [0.3, 0.4) is 0 Å². The number of halogens is 1. The van der Waals surface area contributed by atoms with E-state index < -0.39 is 0 Å². The van der Waals surface area contributed by atoms with Crippen LogP contribution in [0.2, 0.25) is 0 Å². The lowest BCUT2D eigenvalue weighted by atomic mass is 9.48. The second-order valence-electron chi connectivity index (χ2n) is 8.39. The maximum absolute atomic E-state index is 2.71. The molecule has 3 saturated carbocycles. The van der Waals surface area contributed by atoms with Gasteiger partial charge in [-0.05, 0) is 80.0 Å². The van der Waals surface area contributed by atoms with Crippen molar-refractivity contribution >= 4 is 22.6 Å². The average Bonchev–Trinajstić information content (AvgIpc) is 2.91. The van der Waals surface area contributed by atoms with Gasteiger partial charge in [-0.3, -0.25) is 0 Å². The van der Waals surface area contributed by atoms with Gasteiger partial charge in [-0.2, -0.15) is 0 Å². The highest BCUT2D eigenvalue weighted by atomic mass is 127. The van der Waals surface area contributed by atoms with Crippen molar-refractivity contribution in [1.29, 1.82) is 0 Å². The molecule has 0 aromatic carbocycles. The van der Waals surface area contributed by atoms with Gasteiger partial charge in [0.2, 0.25) is 0 Å². The summed E-state index contributed by atoms with van der Waals surface area (Å²) in [5.74, 6) is 3.13. The van der Waals surface area contributed by atoms with Gasteiger partial charge in [-0.1, -0.05) is 54.0 Å². The Kier molecular flexibility index (Phi) is 3.52. The van der Waals surface area contributed by atoms with E-state index in [0.29, 0.717) is 5.41 Å². The van der Waals surface area contributed by atoms with Crippen LogP contribution < -0.4 is 0 Å². The molecule has 0 aromatic heterocycles. The van der Waals surface area contributed by atoms with Crippen LogP contribution in [0.4, 0.5) is 0 Å². The molecule has 0 unspecified atom stereocenters. The Labute approximate surface area is 138 Å². The molecule has 0 heterocycles. The summed E-state index contributed by atoms with van der Waals surface area (Å²) in [6.07, 6.45) is 17.7. The van der Waals surface area contributed by atoms with Gasteiger partial charge in [-0.15, -0.1) is 0 Å². The maximum atomic E-state index is 2.71. The fourth-order valence-corrected chi connectivity index (χ4v) is 8.05. The average molecular weight is 384 g/mol. The van der Waals surface area contributed by atoms with E-state index in [1.165, 1.54) is 55.8 Å². The minimum Gasteiger partial charge on any atom is -0.0858 e. The van der Waals surface area contributed by atoms with Crippen LogP contribution in [-0.2, 0) is 0 Å². The largest absolute Gasteiger partial charge is 0.0858 e. The molecule has 1 heteroatoms. The molecular formula is C19H29I. The van der Waals surface area contributed by atoms with Crippen LogP contribution >= 0.6 is 22.6 Å². The molecule has 0 saturated heterocycles. The number of hydrogen-bond donors (Lipinski definition) is 0. The molecule has 0 N–H and O–H groups in total. The van der Waals surface area contributed by atoms with Crippen LogP contribution in [0.1, 0.15) is 71.1 Å². The summed E-state index contributed by atoms with van der Waals surface area (Å²) in [6.45, 7) is 2.64. The lowest BCUT2D eigenvalue weighted by molar-refractivity contribution is -0.0214. The molecule has 0 nitrogen and oxygen atoms in total. The zero-order valence-electron chi connectivity index (χ0n) is 13.0. The number of fused-ring (bicyclic) bond motifs is 5. The molecular weight excluding hydrogens is 355 g/mol. The summed E-state index contributed by atoms with van der Waals surface area (Å²) in [6, 6.07) is 0. The van der Waals surface area contributed by atoms with Gasteiger partial charge >= 0.3 is 0 Å². The van der Waals surface area contributed by atoms with Crippen LogP contribution in [0.15, 0.2) is 11.6 Å². The molecule has 0 aliphatic heterocycles. The van der Waals surface area contributed by atoms with Crippen LogP contribution in [-0.4, -0.2) is 4.43 Å². The lowest BCUT2D eigenvalue weighted by Crippen LogP contribution is -2.49. The third-order valence-corrected chi connectivity index (χ3v) is 9.33. The van der Waals surface area contributed by atoms with Crippen LogP contribution in [0.5, 0.6) is 0 Å². The Morgan fingerprint density at radius 2 is 2.00 bits per heavy atom. The topological polar surface area (TPSA) is 0 Å². The van der Waals surface area contributed by atoms with Gasteiger partial charge in [0, 0.05) is 4.43 Å². The summed E-state index contributed by atoms with van der Waals surface area (Å²) in [5, 5.41) is 0. The Morgan fingerprint density at radius 3 is 2.85 bits per heavy atom. The number of hydrogen-bond acceptors (Lipinski definition) is 0. The summed E-state index contributed by atoms with van der Waals surface area (Å²) in [7, 11) is 0. The predicted octanol–water partition coefficient (Wildman–Crippen LogP) is 6.14. The van der Waals surface area contributed by atoms with E-state index in [2.05, 4.69) is 35.6 Å². The molecule has 20 heavy (non-hydrogen) atoms. The Balaban J connectivity index is 1.69. The Morgan fingerprint density at radius 1 is 1.10 bits per heavy atom. The summed E-state index contributed by atoms with van der Waals surface area (Å²) in [5.41, 5.74) is 3.21. The van der Waals surface area contributed by atoms with Crippen molar-refractivity contribution in [2.24, 2.45) is 28.6 Å². The van der Waals surface area contributed by atoms with E-state index >= 15 is 0 Å². The van der Waals surface area contributed by atoms with Crippen LogP contribution in [0, 0.1) is 28.6 Å². The summed E-state index contributed by atoms with van der Waals surface area (Å²) in [4.78, 5) is 0. The quantitative estimate of drug-likeness (QED) is 0.289. The van der Waals surface area contributed by atoms with Gasteiger partial charge < -0.3 is 0 Å². The molecule has 0 bridgehead atoms. The third-order valence-electron chi connectivity index (χ3n) is 7.81. The van der Waals surface area contributed by atoms with Crippen molar-refractivity contribution < 1.29 is 0 Å². The highest BCUT2D eigenvalue weighted by Crippen LogP contribution is 2.65. The molecule has 4 aliphatic carbocycles. The van der Waals surface area contributed by atoms with Gasteiger partial charge in [0.15, 0.2) is 0 Å². The fourth-order valence-electron chi connectivity index (χ4n) is 6.72. The lowest BCUT2D eigenvalue weighted by Gasteiger charge is -2.57. The van der Waals surface area contributed by atoms with Gasteiger partial charge in [0.05, 0.1) is 0 Å². The minimum atomic E-state index is 0.598. The first-order valence-corrected chi connectivity index (χ1v) is 10.5. The number of alkyl halides is 1. The third kappa shape index (κ3) is 1.83. The Hall–Kier alpha value is 0.470. The molecule has 5 atom stereocenters. The molecule has 0 spiro atoms. The Bertz CT molecular complexity index is 425. The molecule has 0 radical (unpaired) electrons. The number of allylic oxidation sites excluding steroid dienone is 2. The highest BCUT2D eigenvalue weighted by Gasteiger charge is 2.56. The number of rotatable bonds is 1. The normalized spacial score (nSPS) is 50.9. The van der Waals surface area contributed by atoms with Crippen molar-refractivity contribution in [1.82, 2.24) is 0 Å². The molecule has 3 fully saturated rings. The first-order chi connectivity index (χ1) is 9.70. The summed E-state index contributed by atoms with van der Waals surface area (Å²) >= 11 is 2.70. The van der Waals surface area contributed by atoms with Crippen molar-refractivity contribution in [3.05, 3.63) is 11.6 Å². The zero-order chi connectivity index (χ0) is 13.8. The molecule has 4 aliphatic rings. The summed E-state index contributed by atoms with van der Waals surface area (Å²) < 4.78 is 1.42. The van der Waals surface area contributed by atoms with E-state index in [-0.39, 0.29) is 0 Å². The fraction of sp³-hybridized carbons (Fsp3) is 0.895. The minimum absolute atomic E-state index is 0.598. The predicted molar refractivity (Wildman–Crippen MR) is 94.2 cm³/mol. The maximum Gasteiger partial charge on any atom is 0.00547 e. The van der Waals surface area contributed by atoms with E-state index in [0.717, 1.165) is 23.2 Å². The van der Waals surface area contributed by atoms with E-state index in [1.54, 1.807) is 12.8 Å². The zero-order valence-corrected chi connectivity index (χ0v) is 15.1. The molecule has 4 rings (SSSR count). The van der Waals surface area contributed by atoms with Crippen molar-refractivity contribution in [3.63, 3.8) is 0 Å². The van der Waals surface area contributed by atoms with Crippen molar-refractivity contribution in [2.45, 2.75) is 71.1 Å². The molecule has 0 amide bonds. The van der Waals surface area contributed by atoms with E-state index in [4.69, 9.17) is 0 Å². The first kappa shape index (κ1) is 14.1. The SMILES string of the molecule is C[C@]12CCCCC1=CC[C@H]1[C@@H]3CCC[C@@]3(CI)CC[C@@H]12.